The molecule has 1 heterocycles. The monoisotopic (exact) mass is 306 g/mol. The molecular weight excluding hydrogens is 277 g/mol. The topological polar surface area (TPSA) is 15.3 Å². The average Bonchev–Trinajstić information content (AvgIpc) is 2.97. The minimum absolute atomic E-state index is 0.272. The van der Waals surface area contributed by atoms with Gasteiger partial charge in [-0.3, -0.25) is 0 Å². The van der Waals surface area contributed by atoms with Crippen LogP contribution in [0.3, 0.4) is 0 Å². The van der Waals surface area contributed by atoms with E-state index in [1.807, 2.05) is 0 Å². The summed E-state index contributed by atoms with van der Waals surface area (Å²) in [6, 6.07) is 0.467. The summed E-state index contributed by atoms with van der Waals surface area (Å²) in [7, 11) is 0. The molecule has 2 nitrogen and oxygen atoms in total. The highest BCUT2D eigenvalue weighted by Gasteiger charge is 2.41. The quantitative estimate of drug-likeness (QED) is 0.802. The van der Waals surface area contributed by atoms with Gasteiger partial charge >= 0.3 is 6.18 Å². The number of hydrogen-bond donors (Lipinski definition) is 1. The fourth-order valence-electron chi connectivity index (χ4n) is 3.79. The van der Waals surface area contributed by atoms with Crippen molar-refractivity contribution in [3.8, 4) is 0 Å². The first-order chi connectivity index (χ1) is 10.0. The molecule has 1 aliphatic heterocycles. The molecule has 5 heteroatoms. The van der Waals surface area contributed by atoms with E-state index in [1.165, 1.54) is 25.7 Å². The zero-order valence-electron chi connectivity index (χ0n) is 13.1. The number of alkyl halides is 3. The van der Waals surface area contributed by atoms with E-state index in [0.29, 0.717) is 19.1 Å². The van der Waals surface area contributed by atoms with Gasteiger partial charge in [-0.15, -0.1) is 0 Å². The fourth-order valence-corrected chi connectivity index (χ4v) is 3.79. The average molecular weight is 306 g/mol. The summed E-state index contributed by atoms with van der Waals surface area (Å²) in [5.41, 5.74) is 0. The summed E-state index contributed by atoms with van der Waals surface area (Å²) in [6.07, 6.45) is 2.83. The molecule has 1 N–H and O–H groups in total. The zero-order chi connectivity index (χ0) is 15.3. The molecule has 0 spiro atoms. The van der Waals surface area contributed by atoms with E-state index in [1.54, 1.807) is 0 Å². The molecule has 0 aromatic heterocycles. The lowest BCUT2D eigenvalue weighted by Gasteiger charge is -2.36. The van der Waals surface area contributed by atoms with Gasteiger partial charge in [0.05, 0.1) is 5.92 Å². The van der Waals surface area contributed by atoms with E-state index in [9.17, 15) is 13.2 Å². The van der Waals surface area contributed by atoms with Gasteiger partial charge in [-0.1, -0.05) is 19.8 Å². The number of rotatable bonds is 6. The predicted octanol–water partition coefficient (Wildman–Crippen LogP) is 3.82. The summed E-state index contributed by atoms with van der Waals surface area (Å²) < 4.78 is 38.1. The molecule has 1 saturated heterocycles. The van der Waals surface area contributed by atoms with Crippen molar-refractivity contribution in [1.29, 1.82) is 0 Å². The van der Waals surface area contributed by atoms with Crippen LogP contribution in [0.25, 0.3) is 0 Å². The molecule has 0 radical (unpaired) electrons. The van der Waals surface area contributed by atoms with Crippen molar-refractivity contribution in [2.24, 2.45) is 11.8 Å². The number of nitrogens with zero attached hydrogens (tertiary/aromatic N) is 1. The smallest absolute Gasteiger partial charge is 0.312 e. The third-order valence-electron chi connectivity index (χ3n) is 5.13. The third-order valence-corrected chi connectivity index (χ3v) is 5.13. The maximum Gasteiger partial charge on any atom is 0.391 e. The molecule has 0 amide bonds. The number of piperidine rings is 1. The first kappa shape index (κ1) is 17.1. The van der Waals surface area contributed by atoms with Gasteiger partial charge in [0.1, 0.15) is 0 Å². The van der Waals surface area contributed by atoms with E-state index in [-0.39, 0.29) is 12.8 Å². The zero-order valence-corrected chi connectivity index (χ0v) is 13.1. The molecule has 1 saturated carbocycles. The first-order valence-corrected chi connectivity index (χ1v) is 8.53. The van der Waals surface area contributed by atoms with Crippen LogP contribution in [0.2, 0.25) is 0 Å². The largest absolute Gasteiger partial charge is 0.391 e. The highest BCUT2D eigenvalue weighted by molar-refractivity contribution is 4.85. The van der Waals surface area contributed by atoms with Crippen molar-refractivity contribution < 1.29 is 13.2 Å². The lowest BCUT2D eigenvalue weighted by atomic mass is 9.93. The molecule has 124 valence electrons. The second-order valence-electron chi connectivity index (χ2n) is 6.72. The Labute approximate surface area is 126 Å². The highest BCUT2D eigenvalue weighted by Crippen LogP contribution is 2.34. The Hall–Kier alpha value is -0.290. The van der Waals surface area contributed by atoms with E-state index in [2.05, 4.69) is 17.1 Å². The van der Waals surface area contributed by atoms with Crippen molar-refractivity contribution in [2.45, 2.75) is 64.1 Å². The normalized spacial score (nSPS) is 24.6. The van der Waals surface area contributed by atoms with E-state index >= 15 is 0 Å². The molecule has 1 unspecified atom stereocenters. The summed E-state index contributed by atoms with van der Waals surface area (Å²) in [5.74, 6) is -0.362. The molecule has 2 rings (SSSR count). The van der Waals surface area contributed by atoms with Crippen LogP contribution in [0.4, 0.5) is 13.2 Å². The van der Waals surface area contributed by atoms with Gasteiger partial charge in [0, 0.05) is 12.6 Å². The lowest BCUT2D eigenvalue weighted by Crippen LogP contribution is -2.48. The van der Waals surface area contributed by atoms with Gasteiger partial charge in [0.2, 0.25) is 0 Å². The molecule has 1 aliphatic carbocycles. The highest BCUT2D eigenvalue weighted by atomic mass is 19.4. The van der Waals surface area contributed by atoms with Crippen LogP contribution in [-0.2, 0) is 0 Å². The minimum Gasteiger partial charge on any atom is -0.312 e. The summed E-state index contributed by atoms with van der Waals surface area (Å²) in [5, 5.41) is 3.64. The Kier molecular flexibility index (Phi) is 6.35. The predicted molar refractivity (Wildman–Crippen MR) is 79.3 cm³/mol. The van der Waals surface area contributed by atoms with Crippen LogP contribution in [0.5, 0.6) is 0 Å². The van der Waals surface area contributed by atoms with Gasteiger partial charge < -0.3 is 10.2 Å². The van der Waals surface area contributed by atoms with Crippen molar-refractivity contribution in [3.63, 3.8) is 0 Å². The van der Waals surface area contributed by atoms with Crippen LogP contribution < -0.4 is 5.32 Å². The summed E-state index contributed by atoms with van der Waals surface area (Å²) in [6.45, 7) is 5.30. The number of halogens is 3. The SMILES string of the molecule is CCCNC(CN1CCC(C(F)(F)F)CC1)C1CCCC1. The van der Waals surface area contributed by atoms with E-state index in [4.69, 9.17) is 0 Å². The maximum atomic E-state index is 12.7. The number of likely N-dealkylation sites (tertiary alicyclic amines) is 1. The summed E-state index contributed by atoms with van der Waals surface area (Å²) >= 11 is 0. The Morgan fingerprint density at radius 1 is 1.10 bits per heavy atom. The van der Waals surface area contributed by atoms with Crippen molar-refractivity contribution in [1.82, 2.24) is 10.2 Å². The Morgan fingerprint density at radius 3 is 2.24 bits per heavy atom. The first-order valence-electron chi connectivity index (χ1n) is 8.53. The van der Waals surface area contributed by atoms with Crippen molar-refractivity contribution >= 4 is 0 Å². The number of nitrogens with one attached hydrogen (secondary N) is 1. The summed E-state index contributed by atoms with van der Waals surface area (Å²) in [4.78, 5) is 2.24. The van der Waals surface area contributed by atoms with Crippen LogP contribution in [0, 0.1) is 11.8 Å². The molecule has 2 fully saturated rings. The second kappa shape index (κ2) is 7.82. The van der Waals surface area contributed by atoms with Crippen molar-refractivity contribution in [2.75, 3.05) is 26.2 Å². The van der Waals surface area contributed by atoms with E-state index < -0.39 is 12.1 Å². The second-order valence-corrected chi connectivity index (χ2v) is 6.72. The van der Waals surface area contributed by atoms with Crippen molar-refractivity contribution in [3.05, 3.63) is 0 Å². The molecule has 0 aromatic rings. The molecule has 21 heavy (non-hydrogen) atoms. The van der Waals surface area contributed by atoms with Gasteiger partial charge in [-0.2, -0.15) is 13.2 Å². The third kappa shape index (κ3) is 5.13. The fraction of sp³-hybridized carbons (Fsp3) is 1.00. The van der Waals surface area contributed by atoms with Crippen LogP contribution in [-0.4, -0.2) is 43.3 Å². The van der Waals surface area contributed by atoms with Crippen LogP contribution in [0.1, 0.15) is 51.9 Å². The maximum absolute atomic E-state index is 12.7. The minimum atomic E-state index is -4.00. The van der Waals surface area contributed by atoms with Gasteiger partial charge in [-0.05, 0) is 57.7 Å². The Balaban J connectivity index is 1.80. The number of hydrogen-bond acceptors (Lipinski definition) is 2. The molecule has 2 aliphatic rings. The molecule has 0 bridgehead atoms. The standard InChI is InChI=1S/C16H29F3N2/c1-2-9-20-15(13-5-3-4-6-13)12-21-10-7-14(8-11-21)16(17,18)19/h13-15,20H,2-12H2,1H3. The van der Waals surface area contributed by atoms with Crippen LogP contribution >= 0.6 is 0 Å². The van der Waals surface area contributed by atoms with Gasteiger partial charge in [0.25, 0.3) is 0 Å². The van der Waals surface area contributed by atoms with Crippen LogP contribution in [0.15, 0.2) is 0 Å². The lowest BCUT2D eigenvalue weighted by molar-refractivity contribution is -0.185. The Morgan fingerprint density at radius 2 is 1.71 bits per heavy atom. The van der Waals surface area contributed by atoms with E-state index in [0.717, 1.165) is 25.4 Å². The van der Waals surface area contributed by atoms with Gasteiger partial charge in [0.15, 0.2) is 0 Å². The molecular formula is C16H29F3N2. The molecule has 1 atom stereocenters. The van der Waals surface area contributed by atoms with Gasteiger partial charge in [-0.25, -0.2) is 0 Å². The molecule has 0 aromatic carbocycles. The Bertz CT molecular complexity index is 292.